The van der Waals surface area contributed by atoms with Crippen molar-refractivity contribution in [1.82, 2.24) is 15.0 Å². The van der Waals surface area contributed by atoms with Gasteiger partial charge in [-0.15, -0.1) is 0 Å². The zero-order valence-electron chi connectivity index (χ0n) is 8.81. The Morgan fingerprint density at radius 1 is 1.25 bits per heavy atom. The van der Waals surface area contributed by atoms with E-state index in [2.05, 4.69) is 36.2 Å². The lowest BCUT2D eigenvalue weighted by atomic mass is 10.3. The third kappa shape index (κ3) is 2.55. The molecule has 82 valence electrons. The van der Waals surface area contributed by atoms with Crippen molar-refractivity contribution in [3.8, 4) is 11.5 Å². The molecule has 2 rings (SSSR count). The molecule has 0 radical (unpaired) electrons. The van der Waals surface area contributed by atoms with E-state index in [9.17, 15) is 0 Å². The second-order valence-corrected chi connectivity index (χ2v) is 4.07. The SMILES string of the molecule is CCNc1ccnc(-c2ccc(Br)cn2)n1. The fraction of sp³-hybridized carbons (Fsp3) is 0.182. The van der Waals surface area contributed by atoms with Gasteiger partial charge in [0.1, 0.15) is 11.5 Å². The van der Waals surface area contributed by atoms with E-state index in [1.807, 2.05) is 25.1 Å². The summed E-state index contributed by atoms with van der Waals surface area (Å²) in [6.45, 7) is 2.86. The van der Waals surface area contributed by atoms with Gasteiger partial charge in [0, 0.05) is 23.4 Å². The van der Waals surface area contributed by atoms with Gasteiger partial charge >= 0.3 is 0 Å². The average Bonchev–Trinajstić information content (AvgIpc) is 2.31. The lowest BCUT2D eigenvalue weighted by molar-refractivity contribution is 1.10. The number of halogens is 1. The van der Waals surface area contributed by atoms with E-state index in [-0.39, 0.29) is 0 Å². The summed E-state index contributed by atoms with van der Waals surface area (Å²) in [5.74, 6) is 1.45. The molecule has 2 aromatic rings. The molecule has 0 atom stereocenters. The zero-order valence-corrected chi connectivity index (χ0v) is 10.4. The quantitative estimate of drug-likeness (QED) is 0.938. The molecule has 0 spiro atoms. The van der Waals surface area contributed by atoms with Crippen LogP contribution < -0.4 is 5.32 Å². The van der Waals surface area contributed by atoms with Crippen molar-refractivity contribution in [2.45, 2.75) is 6.92 Å². The molecule has 0 aliphatic heterocycles. The first-order chi connectivity index (χ1) is 7.79. The first kappa shape index (κ1) is 11.0. The predicted octanol–water partition coefficient (Wildman–Crippen LogP) is 2.73. The summed E-state index contributed by atoms with van der Waals surface area (Å²) < 4.78 is 0.944. The molecule has 0 saturated carbocycles. The van der Waals surface area contributed by atoms with E-state index in [0.717, 1.165) is 22.5 Å². The molecule has 0 bridgehead atoms. The molecule has 1 N–H and O–H groups in total. The molecule has 0 aromatic carbocycles. The van der Waals surface area contributed by atoms with Crippen molar-refractivity contribution < 1.29 is 0 Å². The van der Waals surface area contributed by atoms with E-state index >= 15 is 0 Å². The van der Waals surface area contributed by atoms with E-state index in [1.165, 1.54) is 0 Å². The molecule has 2 heterocycles. The minimum Gasteiger partial charge on any atom is -0.370 e. The summed E-state index contributed by atoms with van der Waals surface area (Å²) >= 11 is 3.34. The summed E-state index contributed by atoms with van der Waals surface area (Å²) in [5.41, 5.74) is 0.767. The fourth-order valence-corrected chi connectivity index (χ4v) is 1.50. The van der Waals surface area contributed by atoms with Gasteiger partial charge in [0.2, 0.25) is 0 Å². The third-order valence-corrected chi connectivity index (χ3v) is 2.44. The minimum atomic E-state index is 0.631. The topological polar surface area (TPSA) is 50.7 Å². The highest BCUT2D eigenvalue weighted by Gasteiger charge is 2.03. The number of hydrogen-bond acceptors (Lipinski definition) is 4. The lowest BCUT2D eigenvalue weighted by Gasteiger charge is -2.03. The number of anilines is 1. The summed E-state index contributed by atoms with van der Waals surface area (Å²) in [7, 11) is 0. The number of rotatable bonds is 3. The van der Waals surface area contributed by atoms with Gasteiger partial charge in [-0.25, -0.2) is 9.97 Å². The van der Waals surface area contributed by atoms with E-state index in [4.69, 9.17) is 0 Å². The summed E-state index contributed by atoms with van der Waals surface area (Å²) in [6.07, 6.45) is 3.46. The largest absolute Gasteiger partial charge is 0.370 e. The van der Waals surface area contributed by atoms with E-state index in [0.29, 0.717) is 5.82 Å². The van der Waals surface area contributed by atoms with Crippen molar-refractivity contribution in [3.05, 3.63) is 35.1 Å². The van der Waals surface area contributed by atoms with Crippen LogP contribution in [0.4, 0.5) is 5.82 Å². The minimum absolute atomic E-state index is 0.631. The molecule has 4 nitrogen and oxygen atoms in total. The monoisotopic (exact) mass is 278 g/mol. The molecule has 5 heteroatoms. The van der Waals surface area contributed by atoms with Gasteiger partial charge in [0.25, 0.3) is 0 Å². The second-order valence-electron chi connectivity index (χ2n) is 3.16. The summed E-state index contributed by atoms with van der Waals surface area (Å²) in [6, 6.07) is 5.65. The number of pyridine rings is 1. The molecular formula is C11H11BrN4. The number of aromatic nitrogens is 3. The maximum absolute atomic E-state index is 4.36. The molecule has 0 amide bonds. The average molecular weight is 279 g/mol. The van der Waals surface area contributed by atoms with Gasteiger partial charge < -0.3 is 5.32 Å². The second kappa shape index (κ2) is 5.03. The number of hydrogen-bond donors (Lipinski definition) is 1. The maximum atomic E-state index is 4.36. The van der Waals surface area contributed by atoms with Crippen LogP contribution in [0.3, 0.4) is 0 Å². The highest BCUT2D eigenvalue weighted by molar-refractivity contribution is 9.10. The smallest absolute Gasteiger partial charge is 0.180 e. The Bertz CT molecular complexity index is 470. The molecular weight excluding hydrogens is 268 g/mol. The van der Waals surface area contributed by atoms with E-state index in [1.54, 1.807) is 12.4 Å². The Balaban J connectivity index is 2.32. The van der Waals surface area contributed by atoms with Gasteiger partial charge in [-0.1, -0.05) is 0 Å². The molecule has 0 saturated heterocycles. The fourth-order valence-electron chi connectivity index (χ4n) is 1.27. The Hall–Kier alpha value is -1.49. The van der Waals surface area contributed by atoms with Crippen LogP contribution in [0, 0.1) is 0 Å². The third-order valence-electron chi connectivity index (χ3n) is 1.97. The molecule has 16 heavy (non-hydrogen) atoms. The van der Waals surface area contributed by atoms with E-state index < -0.39 is 0 Å². The van der Waals surface area contributed by atoms with Gasteiger partial charge in [-0.3, -0.25) is 4.98 Å². The van der Waals surface area contributed by atoms with Gasteiger partial charge in [0.15, 0.2) is 5.82 Å². The van der Waals surface area contributed by atoms with Crippen LogP contribution in [0.5, 0.6) is 0 Å². The van der Waals surface area contributed by atoms with Crippen LogP contribution in [-0.4, -0.2) is 21.5 Å². The summed E-state index contributed by atoms with van der Waals surface area (Å²) in [5, 5.41) is 3.14. The Labute approximate surface area is 102 Å². The first-order valence-corrected chi connectivity index (χ1v) is 5.77. The standard InChI is InChI=1S/C11H11BrN4/c1-2-13-10-5-6-14-11(16-10)9-4-3-8(12)7-15-9/h3-7H,2H2,1H3,(H,13,14,16). The van der Waals surface area contributed by atoms with Crippen LogP contribution in [0.1, 0.15) is 6.92 Å². The Morgan fingerprint density at radius 3 is 2.81 bits per heavy atom. The van der Waals surface area contributed by atoms with Crippen molar-refractivity contribution in [1.29, 1.82) is 0 Å². The van der Waals surface area contributed by atoms with Crippen LogP contribution in [-0.2, 0) is 0 Å². The van der Waals surface area contributed by atoms with Crippen LogP contribution in [0.15, 0.2) is 35.1 Å². The van der Waals surface area contributed by atoms with Crippen LogP contribution in [0.25, 0.3) is 11.5 Å². The highest BCUT2D eigenvalue weighted by atomic mass is 79.9. The van der Waals surface area contributed by atoms with Crippen LogP contribution >= 0.6 is 15.9 Å². The van der Waals surface area contributed by atoms with Gasteiger partial charge in [-0.2, -0.15) is 0 Å². The Kier molecular flexibility index (Phi) is 3.46. The van der Waals surface area contributed by atoms with Crippen molar-refractivity contribution >= 4 is 21.7 Å². The van der Waals surface area contributed by atoms with Crippen molar-refractivity contribution in [2.24, 2.45) is 0 Å². The summed E-state index contributed by atoms with van der Waals surface area (Å²) in [4.78, 5) is 12.8. The number of nitrogens with zero attached hydrogens (tertiary/aromatic N) is 3. The lowest BCUT2D eigenvalue weighted by Crippen LogP contribution is -2.01. The van der Waals surface area contributed by atoms with Gasteiger partial charge in [-0.05, 0) is 41.1 Å². The molecule has 0 aliphatic carbocycles. The normalized spacial score (nSPS) is 10.1. The van der Waals surface area contributed by atoms with Crippen molar-refractivity contribution in [2.75, 3.05) is 11.9 Å². The predicted molar refractivity (Wildman–Crippen MR) is 67.1 cm³/mol. The molecule has 0 fully saturated rings. The Morgan fingerprint density at radius 2 is 2.12 bits per heavy atom. The van der Waals surface area contributed by atoms with Gasteiger partial charge in [0.05, 0.1) is 0 Å². The van der Waals surface area contributed by atoms with Crippen molar-refractivity contribution in [3.63, 3.8) is 0 Å². The highest BCUT2D eigenvalue weighted by Crippen LogP contribution is 2.16. The molecule has 2 aromatic heterocycles. The van der Waals surface area contributed by atoms with Crippen LogP contribution in [0.2, 0.25) is 0 Å². The maximum Gasteiger partial charge on any atom is 0.180 e. The zero-order chi connectivity index (χ0) is 11.4. The molecule has 0 aliphatic rings. The molecule has 0 unspecified atom stereocenters. The first-order valence-electron chi connectivity index (χ1n) is 4.98. The number of nitrogens with one attached hydrogen (secondary N) is 1.